The van der Waals surface area contributed by atoms with E-state index in [1.807, 2.05) is 42.5 Å². The summed E-state index contributed by atoms with van der Waals surface area (Å²) in [5, 5.41) is 13.6. The Kier molecular flexibility index (Phi) is 4.94. The van der Waals surface area contributed by atoms with Crippen LogP contribution in [-0.4, -0.2) is 10.8 Å². The van der Waals surface area contributed by atoms with Crippen molar-refractivity contribution in [2.45, 2.75) is 20.4 Å². The maximum Gasteiger partial charge on any atom is 0.270 e. The SMILES string of the molecule is Cc1cc(CNC(=O)c2cc([N+](=O)[O-])ccc2I)sc1C. The van der Waals surface area contributed by atoms with E-state index in [2.05, 4.69) is 5.32 Å². The molecule has 5 nitrogen and oxygen atoms in total. The summed E-state index contributed by atoms with van der Waals surface area (Å²) >= 11 is 3.64. The molecule has 7 heteroatoms. The lowest BCUT2D eigenvalue weighted by Gasteiger charge is -2.05. The topological polar surface area (TPSA) is 72.2 Å². The molecule has 2 rings (SSSR count). The first-order valence-corrected chi connectivity index (χ1v) is 8.06. The number of nitrogens with zero attached hydrogens (tertiary/aromatic N) is 1. The molecule has 0 radical (unpaired) electrons. The highest BCUT2D eigenvalue weighted by atomic mass is 127. The molecule has 0 aliphatic carbocycles. The van der Waals surface area contributed by atoms with Gasteiger partial charge in [0, 0.05) is 25.5 Å². The van der Waals surface area contributed by atoms with Gasteiger partial charge in [-0.2, -0.15) is 0 Å². The predicted molar refractivity (Wildman–Crippen MR) is 90.8 cm³/mol. The summed E-state index contributed by atoms with van der Waals surface area (Å²) in [6.45, 7) is 4.49. The summed E-state index contributed by atoms with van der Waals surface area (Å²) in [7, 11) is 0. The maximum atomic E-state index is 12.2. The van der Waals surface area contributed by atoms with Crippen LogP contribution in [0.3, 0.4) is 0 Å². The van der Waals surface area contributed by atoms with Gasteiger partial charge in [-0.1, -0.05) is 0 Å². The number of benzene rings is 1. The van der Waals surface area contributed by atoms with Crippen LogP contribution in [0.4, 0.5) is 5.69 Å². The van der Waals surface area contributed by atoms with Gasteiger partial charge in [0.15, 0.2) is 0 Å². The first-order chi connectivity index (χ1) is 9.88. The molecule has 110 valence electrons. The molecule has 21 heavy (non-hydrogen) atoms. The number of non-ortho nitro benzene ring substituents is 1. The van der Waals surface area contributed by atoms with Gasteiger partial charge in [-0.15, -0.1) is 11.3 Å². The van der Waals surface area contributed by atoms with E-state index in [9.17, 15) is 14.9 Å². The number of hydrogen-bond acceptors (Lipinski definition) is 4. The molecule has 1 heterocycles. The quantitative estimate of drug-likeness (QED) is 0.468. The fourth-order valence-electron chi connectivity index (χ4n) is 1.80. The Hall–Kier alpha value is -1.48. The van der Waals surface area contributed by atoms with Crippen molar-refractivity contribution in [3.8, 4) is 0 Å². The van der Waals surface area contributed by atoms with Crippen molar-refractivity contribution in [2.24, 2.45) is 0 Å². The van der Waals surface area contributed by atoms with Gasteiger partial charge in [-0.3, -0.25) is 14.9 Å². The van der Waals surface area contributed by atoms with E-state index >= 15 is 0 Å². The number of hydrogen-bond donors (Lipinski definition) is 1. The van der Waals surface area contributed by atoms with Gasteiger partial charge >= 0.3 is 0 Å². The molecule has 1 amide bonds. The van der Waals surface area contributed by atoms with Gasteiger partial charge in [-0.05, 0) is 54.1 Å². The molecule has 0 atom stereocenters. The Labute approximate surface area is 139 Å². The minimum atomic E-state index is -0.501. The third-order valence-electron chi connectivity index (χ3n) is 3.05. The van der Waals surface area contributed by atoms with E-state index in [4.69, 9.17) is 0 Å². The van der Waals surface area contributed by atoms with Crippen LogP contribution in [0, 0.1) is 27.5 Å². The summed E-state index contributed by atoms with van der Waals surface area (Å²) in [4.78, 5) is 24.7. The van der Waals surface area contributed by atoms with E-state index in [1.165, 1.54) is 22.6 Å². The number of thiophene rings is 1. The third-order valence-corrected chi connectivity index (χ3v) is 5.14. The van der Waals surface area contributed by atoms with Crippen LogP contribution in [0.1, 0.15) is 25.7 Å². The average molecular weight is 416 g/mol. The summed E-state index contributed by atoms with van der Waals surface area (Å²) in [5.74, 6) is -0.299. The number of aryl methyl sites for hydroxylation is 2. The number of nitro groups is 1. The monoisotopic (exact) mass is 416 g/mol. The number of carbonyl (C=O) groups is 1. The first-order valence-electron chi connectivity index (χ1n) is 6.16. The largest absolute Gasteiger partial charge is 0.347 e. The van der Waals surface area contributed by atoms with Gasteiger partial charge in [-0.25, -0.2) is 0 Å². The molecular formula is C14H13IN2O3S. The molecule has 0 saturated carbocycles. The smallest absolute Gasteiger partial charge is 0.270 e. The average Bonchev–Trinajstić information content (AvgIpc) is 2.75. The molecular weight excluding hydrogens is 403 g/mol. The van der Waals surface area contributed by atoms with Crippen molar-refractivity contribution in [3.63, 3.8) is 0 Å². The van der Waals surface area contributed by atoms with Gasteiger partial charge in [0.1, 0.15) is 0 Å². The van der Waals surface area contributed by atoms with Crippen LogP contribution >= 0.6 is 33.9 Å². The molecule has 0 bridgehead atoms. The minimum absolute atomic E-state index is 0.0802. The minimum Gasteiger partial charge on any atom is -0.347 e. The van der Waals surface area contributed by atoms with Crippen molar-refractivity contribution in [1.82, 2.24) is 5.32 Å². The van der Waals surface area contributed by atoms with Crippen LogP contribution in [0.25, 0.3) is 0 Å². The predicted octanol–water partition coefficient (Wildman–Crippen LogP) is 3.81. The van der Waals surface area contributed by atoms with Gasteiger partial charge in [0.05, 0.1) is 17.0 Å². The summed E-state index contributed by atoms with van der Waals surface area (Å²) in [6, 6.07) is 6.32. The first kappa shape index (κ1) is 15.9. The summed E-state index contributed by atoms with van der Waals surface area (Å²) < 4.78 is 0.689. The second-order valence-corrected chi connectivity index (χ2v) is 7.06. The lowest BCUT2D eigenvalue weighted by atomic mass is 10.2. The zero-order valence-electron chi connectivity index (χ0n) is 11.5. The Bertz CT molecular complexity index is 693. The van der Waals surface area contributed by atoms with Gasteiger partial charge < -0.3 is 5.32 Å². The van der Waals surface area contributed by atoms with Crippen LogP contribution in [0.2, 0.25) is 0 Å². The third kappa shape index (κ3) is 3.79. The molecule has 0 fully saturated rings. The normalized spacial score (nSPS) is 10.4. The lowest BCUT2D eigenvalue weighted by Crippen LogP contribution is -2.23. The van der Waals surface area contributed by atoms with E-state index in [1.54, 1.807) is 17.4 Å². The van der Waals surface area contributed by atoms with Crippen molar-refractivity contribution in [3.05, 3.63) is 58.8 Å². The highest BCUT2D eigenvalue weighted by Crippen LogP contribution is 2.22. The van der Waals surface area contributed by atoms with Crippen LogP contribution in [0.5, 0.6) is 0 Å². The Morgan fingerprint density at radius 3 is 2.67 bits per heavy atom. The Morgan fingerprint density at radius 2 is 2.10 bits per heavy atom. The van der Waals surface area contributed by atoms with E-state index < -0.39 is 4.92 Å². The second kappa shape index (κ2) is 6.52. The Morgan fingerprint density at radius 1 is 1.38 bits per heavy atom. The van der Waals surface area contributed by atoms with Crippen molar-refractivity contribution >= 4 is 45.5 Å². The molecule has 2 aromatic rings. The molecule has 0 saturated heterocycles. The molecule has 0 spiro atoms. The zero-order valence-corrected chi connectivity index (χ0v) is 14.4. The zero-order chi connectivity index (χ0) is 15.6. The highest BCUT2D eigenvalue weighted by Gasteiger charge is 2.15. The van der Waals surface area contributed by atoms with Crippen molar-refractivity contribution in [1.29, 1.82) is 0 Å². The van der Waals surface area contributed by atoms with E-state index in [0.29, 0.717) is 15.7 Å². The second-order valence-electron chi connectivity index (χ2n) is 4.56. The van der Waals surface area contributed by atoms with Crippen molar-refractivity contribution < 1.29 is 9.72 Å². The molecule has 1 aromatic heterocycles. The van der Waals surface area contributed by atoms with Gasteiger partial charge in [0.25, 0.3) is 11.6 Å². The van der Waals surface area contributed by atoms with Crippen molar-refractivity contribution in [2.75, 3.05) is 0 Å². The standard InChI is InChI=1S/C14H13IN2O3S/c1-8-5-11(21-9(8)2)7-16-14(18)12-6-10(17(19)20)3-4-13(12)15/h3-6H,7H2,1-2H3,(H,16,18). The summed E-state index contributed by atoms with van der Waals surface area (Å²) in [6.07, 6.45) is 0. The van der Waals surface area contributed by atoms with Crippen LogP contribution in [0.15, 0.2) is 24.3 Å². The summed E-state index contributed by atoms with van der Waals surface area (Å²) in [5.41, 5.74) is 1.45. The van der Waals surface area contributed by atoms with E-state index in [-0.39, 0.29) is 11.6 Å². The number of amides is 1. The number of nitro benzene ring substituents is 1. The van der Waals surface area contributed by atoms with Crippen LogP contribution < -0.4 is 5.32 Å². The number of carbonyl (C=O) groups excluding carboxylic acids is 1. The molecule has 0 aliphatic heterocycles. The Balaban J connectivity index is 2.13. The number of halogens is 1. The highest BCUT2D eigenvalue weighted by molar-refractivity contribution is 14.1. The molecule has 0 aliphatic rings. The van der Waals surface area contributed by atoms with Crippen LogP contribution in [-0.2, 0) is 6.54 Å². The molecule has 1 N–H and O–H groups in total. The molecule has 1 aromatic carbocycles. The fourth-order valence-corrected chi connectivity index (χ4v) is 3.37. The maximum absolute atomic E-state index is 12.2. The number of rotatable bonds is 4. The van der Waals surface area contributed by atoms with E-state index in [0.717, 1.165) is 4.88 Å². The van der Waals surface area contributed by atoms with Gasteiger partial charge in [0.2, 0.25) is 0 Å². The fraction of sp³-hybridized carbons (Fsp3) is 0.214. The number of nitrogens with one attached hydrogen (secondary N) is 1. The lowest BCUT2D eigenvalue weighted by molar-refractivity contribution is -0.384. The molecule has 0 unspecified atom stereocenters.